The molecular formula is C20H30N2O2. The molecule has 24 heavy (non-hydrogen) atoms. The van der Waals surface area contributed by atoms with Crippen LogP contribution in [-0.2, 0) is 11.3 Å². The van der Waals surface area contributed by atoms with Crippen molar-refractivity contribution in [3.63, 3.8) is 0 Å². The summed E-state index contributed by atoms with van der Waals surface area (Å²) >= 11 is 0. The number of likely N-dealkylation sites (tertiary alicyclic amines) is 1. The van der Waals surface area contributed by atoms with Gasteiger partial charge in [0.05, 0.1) is 7.11 Å². The van der Waals surface area contributed by atoms with Crippen molar-refractivity contribution in [1.29, 1.82) is 0 Å². The molecule has 1 aliphatic rings. The Labute approximate surface area is 146 Å². The average Bonchev–Trinajstić information content (AvgIpc) is 2.59. The van der Waals surface area contributed by atoms with Crippen molar-refractivity contribution in [2.45, 2.75) is 33.2 Å². The van der Waals surface area contributed by atoms with E-state index in [9.17, 15) is 4.79 Å². The molecule has 2 rings (SSSR count). The number of nitrogens with zero attached hydrogens (tertiary/aromatic N) is 2. The zero-order chi connectivity index (χ0) is 17.5. The van der Waals surface area contributed by atoms with Crippen LogP contribution >= 0.6 is 0 Å². The van der Waals surface area contributed by atoms with Gasteiger partial charge in [-0.2, -0.15) is 0 Å². The van der Waals surface area contributed by atoms with Crippen LogP contribution in [0, 0.1) is 5.92 Å². The second-order valence-electron chi connectivity index (χ2n) is 6.71. The first kappa shape index (κ1) is 18.5. The molecule has 1 amide bonds. The van der Waals surface area contributed by atoms with Crippen LogP contribution in [0.25, 0.3) is 0 Å². The summed E-state index contributed by atoms with van der Waals surface area (Å²) in [5, 5.41) is 0. The molecule has 0 unspecified atom stereocenters. The minimum Gasteiger partial charge on any atom is -0.497 e. The van der Waals surface area contributed by atoms with E-state index in [1.54, 1.807) is 7.11 Å². The van der Waals surface area contributed by atoms with E-state index in [1.807, 2.05) is 30.9 Å². The van der Waals surface area contributed by atoms with Gasteiger partial charge in [0.2, 0.25) is 5.91 Å². The fourth-order valence-corrected chi connectivity index (χ4v) is 3.30. The second-order valence-corrected chi connectivity index (χ2v) is 6.71. The molecule has 4 nitrogen and oxygen atoms in total. The number of hydrogen-bond donors (Lipinski definition) is 0. The Kier molecular flexibility index (Phi) is 6.85. The fraction of sp³-hybridized carbons (Fsp3) is 0.550. The van der Waals surface area contributed by atoms with E-state index < -0.39 is 0 Å². The Balaban J connectivity index is 1.86. The fourth-order valence-electron chi connectivity index (χ4n) is 3.30. The van der Waals surface area contributed by atoms with Crippen LogP contribution in [-0.4, -0.2) is 49.0 Å². The molecule has 0 atom stereocenters. The van der Waals surface area contributed by atoms with Crippen LogP contribution in [0.15, 0.2) is 36.4 Å². The van der Waals surface area contributed by atoms with E-state index in [0.717, 1.165) is 50.3 Å². The molecule has 132 valence electrons. The maximum absolute atomic E-state index is 12.7. The number of likely N-dealkylation sites (N-methyl/N-ethyl adjacent to an activating group) is 1. The number of rotatable bonds is 7. The van der Waals surface area contributed by atoms with Crippen molar-refractivity contribution in [2.24, 2.45) is 5.92 Å². The molecule has 0 bridgehead atoms. The molecular weight excluding hydrogens is 300 g/mol. The zero-order valence-electron chi connectivity index (χ0n) is 15.3. The zero-order valence-corrected chi connectivity index (χ0v) is 15.3. The van der Waals surface area contributed by atoms with E-state index in [0.29, 0.717) is 12.5 Å². The largest absolute Gasteiger partial charge is 0.497 e. The van der Waals surface area contributed by atoms with Crippen LogP contribution in [0.1, 0.15) is 32.3 Å². The SMILES string of the molecule is C=C(C)CN(CC)C(=O)C1CCN(Cc2cccc(OC)c2)CC1. The minimum atomic E-state index is 0.158. The summed E-state index contributed by atoms with van der Waals surface area (Å²) < 4.78 is 5.29. The first-order chi connectivity index (χ1) is 11.5. The number of hydrogen-bond acceptors (Lipinski definition) is 3. The molecule has 1 aliphatic heterocycles. The van der Waals surface area contributed by atoms with E-state index in [2.05, 4.69) is 23.6 Å². The monoisotopic (exact) mass is 330 g/mol. The highest BCUT2D eigenvalue weighted by molar-refractivity contribution is 5.79. The maximum atomic E-state index is 12.7. The lowest BCUT2D eigenvalue weighted by molar-refractivity contribution is -0.136. The Bertz CT molecular complexity index is 563. The number of carbonyl (C=O) groups is 1. The molecule has 0 radical (unpaired) electrons. The third-order valence-electron chi connectivity index (χ3n) is 4.63. The van der Waals surface area contributed by atoms with E-state index >= 15 is 0 Å². The number of amides is 1. The first-order valence-electron chi connectivity index (χ1n) is 8.82. The summed E-state index contributed by atoms with van der Waals surface area (Å²) in [7, 11) is 1.70. The summed E-state index contributed by atoms with van der Waals surface area (Å²) in [5.74, 6) is 1.35. The van der Waals surface area contributed by atoms with Crippen molar-refractivity contribution < 1.29 is 9.53 Å². The van der Waals surface area contributed by atoms with Gasteiger partial charge >= 0.3 is 0 Å². The molecule has 0 saturated carbocycles. The predicted molar refractivity (Wildman–Crippen MR) is 98.1 cm³/mol. The van der Waals surface area contributed by atoms with Gasteiger partial charge in [-0.3, -0.25) is 9.69 Å². The van der Waals surface area contributed by atoms with Crippen molar-refractivity contribution in [3.8, 4) is 5.75 Å². The first-order valence-corrected chi connectivity index (χ1v) is 8.82. The maximum Gasteiger partial charge on any atom is 0.226 e. The number of methoxy groups -OCH3 is 1. The number of carbonyl (C=O) groups excluding carboxylic acids is 1. The number of benzene rings is 1. The van der Waals surface area contributed by atoms with Gasteiger partial charge in [0.1, 0.15) is 5.75 Å². The quantitative estimate of drug-likeness (QED) is 0.719. The third kappa shape index (κ3) is 5.10. The van der Waals surface area contributed by atoms with Crippen molar-refractivity contribution in [1.82, 2.24) is 9.80 Å². The molecule has 1 aromatic carbocycles. The highest BCUT2D eigenvalue weighted by atomic mass is 16.5. The van der Waals surface area contributed by atoms with Crippen molar-refractivity contribution >= 4 is 5.91 Å². The Morgan fingerprint density at radius 2 is 2.08 bits per heavy atom. The van der Waals surface area contributed by atoms with Crippen LogP contribution in [0.4, 0.5) is 0 Å². The van der Waals surface area contributed by atoms with Gasteiger partial charge in [0.25, 0.3) is 0 Å². The van der Waals surface area contributed by atoms with Gasteiger partial charge in [-0.1, -0.05) is 24.3 Å². The van der Waals surface area contributed by atoms with Gasteiger partial charge in [0, 0.05) is 25.6 Å². The highest BCUT2D eigenvalue weighted by Crippen LogP contribution is 2.22. The van der Waals surface area contributed by atoms with Crippen LogP contribution in [0.2, 0.25) is 0 Å². The normalized spacial score (nSPS) is 16.0. The standard InChI is InChI=1S/C20H30N2O2/c1-5-22(14-16(2)3)20(23)18-9-11-21(12-10-18)15-17-7-6-8-19(13-17)24-4/h6-8,13,18H,2,5,9-12,14-15H2,1,3-4H3. The summed E-state index contributed by atoms with van der Waals surface area (Å²) in [6, 6.07) is 8.21. The van der Waals surface area contributed by atoms with Gasteiger partial charge in [-0.05, 0) is 57.5 Å². The Morgan fingerprint density at radius 3 is 2.67 bits per heavy atom. The predicted octanol–water partition coefficient (Wildman–Crippen LogP) is 3.33. The van der Waals surface area contributed by atoms with Crippen molar-refractivity contribution in [3.05, 3.63) is 42.0 Å². The molecule has 0 aliphatic carbocycles. The lowest BCUT2D eigenvalue weighted by Gasteiger charge is -2.34. The summed E-state index contributed by atoms with van der Waals surface area (Å²) in [6.07, 6.45) is 1.88. The molecule has 0 aromatic heterocycles. The smallest absolute Gasteiger partial charge is 0.226 e. The van der Waals surface area contributed by atoms with Crippen LogP contribution in [0.5, 0.6) is 5.75 Å². The second kappa shape index (κ2) is 8.88. The van der Waals surface area contributed by atoms with E-state index in [1.165, 1.54) is 5.56 Å². The molecule has 1 fully saturated rings. The molecule has 0 N–H and O–H groups in total. The van der Waals surface area contributed by atoms with Gasteiger partial charge in [0.15, 0.2) is 0 Å². The summed E-state index contributed by atoms with van der Waals surface area (Å²) in [6.45, 7) is 12.2. The van der Waals surface area contributed by atoms with Crippen molar-refractivity contribution in [2.75, 3.05) is 33.3 Å². The van der Waals surface area contributed by atoms with Crippen LogP contribution in [0.3, 0.4) is 0 Å². The Morgan fingerprint density at radius 1 is 1.38 bits per heavy atom. The number of piperidine rings is 1. The van der Waals surface area contributed by atoms with E-state index in [4.69, 9.17) is 4.74 Å². The molecule has 1 heterocycles. The summed E-state index contributed by atoms with van der Waals surface area (Å²) in [4.78, 5) is 17.0. The van der Waals surface area contributed by atoms with Gasteiger partial charge in [-0.15, -0.1) is 0 Å². The molecule has 4 heteroatoms. The topological polar surface area (TPSA) is 32.8 Å². The van der Waals surface area contributed by atoms with Gasteiger partial charge < -0.3 is 9.64 Å². The highest BCUT2D eigenvalue weighted by Gasteiger charge is 2.27. The summed E-state index contributed by atoms with van der Waals surface area (Å²) in [5.41, 5.74) is 2.30. The minimum absolute atomic E-state index is 0.158. The molecule has 1 aromatic rings. The number of ether oxygens (including phenoxy) is 1. The average molecular weight is 330 g/mol. The molecule has 0 spiro atoms. The lowest BCUT2D eigenvalue weighted by Crippen LogP contribution is -2.42. The van der Waals surface area contributed by atoms with Gasteiger partial charge in [-0.25, -0.2) is 0 Å². The Hall–Kier alpha value is -1.81. The van der Waals surface area contributed by atoms with E-state index in [-0.39, 0.29) is 5.92 Å². The molecule has 1 saturated heterocycles. The third-order valence-corrected chi connectivity index (χ3v) is 4.63. The lowest BCUT2D eigenvalue weighted by atomic mass is 9.94. The van der Waals surface area contributed by atoms with Crippen LogP contribution < -0.4 is 4.74 Å².